The Morgan fingerprint density at radius 1 is 0.939 bits per heavy atom. The molecule has 4 aromatic rings. The Morgan fingerprint density at radius 2 is 1.73 bits per heavy atom. The van der Waals surface area contributed by atoms with Gasteiger partial charge >= 0.3 is 5.97 Å². The molecule has 0 radical (unpaired) electrons. The van der Waals surface area contributed by atoms with E-state index in [2.05, 4.69) is 10.2 Å². The number of para-hydroxylation sites is 1. The van der Waals surface area contributed by atoms with Crippen LogP contribution in [0.5, 0.6) is 11.5 Å². The monoisotopic (exact) mass is 439 g/mol. The second-order valence-electron chi connectivity index (χ2n) is 8.02. The molecule has 5 rings (SSSR count). The number of aromatic carboxylic acids is 1. The van der Waals surface area contributed by atoms with E-state index in [-0.39, 0.29) is 5.56 Å². The van der Waals surface area contributed by atoms with Crippen molar-refractivity contribution in [1.82, 2.24) is 4.57 Å². The summed E-state index contributed by atoms with van der Waals surface area (Å²) >= 11 is 0. The minimum atomic E-state index is -0.987. The molecule has 2 heterocycles. The van der Waals surface area contributed by atoms with Crippen LogP contribution >= 0.6 is 0 Å². The molecular weight excluding hydrogens is 414 g/mol. The number of hydrogen-bond donors (Lipinski definition) is 2. The molecule has 0 amide bonds. The predicted octanol–water partition coefficient (Wildman–Crippen LogP) is 5.79. The molecule has 0 unspecified atom stereocenters. The van der Waals surface area contributed by atoms with E-state index < -0.39 is 5.97 Å². The quantitative estimate of drug-likeness (QED) is 0.364. The van der Waals surface area contributed by atoms with Gasteiger partial charge in [0.15, 0.2) is 5.75 Å². The lowest BCUT2D eigenvalue weighted by atomic mass is 10.1. The smallest absolute Gasteiger partial charge is 0.337 e. The van der Waals surface area contributed by atoms with Crippen molar-refractivity contribution in [1.29, 1.82) is 0 Å². The zero-order chi connectivity index (χ0) is 22.6. The van der Waals surface area contributed by atoms with Gasteiger partial charge in [-0.1, -0.05) is 30.3 Å². The number of ether oxygens (including phenoxy) is 1. The normalized spacial score (nSPS) is 12.8. The Hall–Kier alpha value is -4.19. The number of carbonyl (C=O) groups is 1. The first-order chi connectivity index (χ1) is 16.2. The summed E-state index contributed by atoms with van der Waals surface area (Å²) in [5.74, 6) is 0.235. The minimum absolute atomic E-state index is 0.201. The summed E-state index contributed by atoms with van der Waals surface area (Å²) in [4.78, 5) is 14.3. The summed E-state index contributed by atoms with van der Waals surface area (Å²) in [5, 5.41) is 13.3. The molecule has 0 bridgehead atoms. The van der Waals surface area contributed by atoms with Gasteiger partial charge in [-0.3, -0.25) is 0 Å². The van der Waals surface area contributed by atoms with Gasteiger partial charge in [0.25, 0.3) is 0 Å². The largest absolute Gasteiger partial charge is 0.478 e. The van der Waals surface area contributed by atoms with E-state index >= 15 is 0 Å². The summed E-state index contributed by atoms with van der Waals surface area (Å²) in [6.07, 6.45) is 4.79. The van der Waals surface area contributed by atoms with Crippen LogP contribution in [0.15, 0.2) is 91.3 Å². The van der Waals surface area contributed by atoms with Crippen LogP contribution in [0.3, 0.4) is 0 Å². The average Bonchev–Trinajstić information content (AvgIpc) is 3.33. The first-order valence-corrected chi connectivity index (χ1v) is 11.0. The number of hydrogen-bond acceptors (Lipinski definition) is 4. The van der Waals surface area contributed by atoms with E-state index in [0.29, 0.717) is 23.7 Å². The van der Waals surface area contributed by atoms with E-state index in [1.807, 2.05) is 89.8 Å². The number of carboxylic acids is 1. The number of carboxylic acid groups (broad SMARTS) is 1. The van der Waals surface area contributed by atoms with Crippen molar-refractivity contribution in [3.63, 3.8) is 0 Å². The van der Waals surface area contributed by atoms with Crippen molar-refractivity contribution in [3.8, 4) is 17.2 Å². The van der Waals surface area contributed by atoms with Gasteiger partial charge in [0.2, 0.25) is 0 Å². The third kappa shape index (κ3) is 4.41. The summed E-state index contributed by atoms with van der Waals surface area (Å²) in [7, 11) is 0. The third-order valence-corrected chi connectivity index (χ3v) is 5.79. The molecule has 3 aromatic carbocycles. The first-order valence-electron chi connectivity index (χ1n) is 11.0. The highest BCUT2D eigenvalue weighted by Gasteiger charge is 2.26. The lowest BCUT2D eigenvalue weighted by Crippen LogP contribution is -2.37. The fourth-order valence-electron chi connectivity index (χ4n) is 3.98. The molecule has 0 atom stereocenters. The Morgan fingerprint density at radius 3 is 2.42 bits per heavy atom. The van der Waals surface area contributed by atoms with Crippen LogP contribution in [0.2, 0.25) is 0 Å². The first kappa shape index (κ1) is 20.7. The number of anilines is 2. The average molecular weight is 440 g/mol. The number of benzene rings is 3. The molecule has 1 aromatic heterocycles. The van der Waals surface area contributed by atoms with Gasteiger partial charge in [0.05, 0.1) is 11.3 Å². The van der Waals surface area contributed by atoms with Gasteiger partial charge in [0, 0.05) is 37.7 Å². The van der Waals surface area contributed by atoms with Crippen LogP contribution < -0.4 is 15.0 Å². The van der Waals surface area contributed by atoms with Crippen LogP contribution in [-0.4, -0.2) is 28.7 Å². The molecule has 0 spiro atoms. The van der Waals surface area contributed by atoms with E-state index in [1.54, 1.807) is 6.07 Å². The molecule has 6 heteroatoms. The SMILES string of the molecule is O=C(O)c1ccc(N2CCC2)c(Oc2cccc(CNc3ccccc3)c2)c1-n1cccc1. The molecule has 6 nitrogen and oxygen atoms in total. The fraction of sp³-hybridized carbons (Fsp3) is 0.148. The van der Waals surface area contributed by atoms with Crippen molar-refractivity contribution in [3.05, 3.63) is 102 Å². The van der Waals surface area contributed by atoms with Crippen LogP contribution in [0, 0.1) is 0 Å². The van der Waals surface area contributed by atoms with E-state index in [1.165, 1.54) is 0 Å². The van der Waals surface area contributed by atoms with Crippen molar-refractivity contribution in [2.24, 2.45) is 0 Å². The molecule has 1 aliphatic heterocycles. The number of nitrogens with one attached hydrogen (secondary N) is 1. The molecule has 0 saturated carbocycles. The minimum Gasteiger partial charge on any atom is -0.478 e. The van der Waals surface area contributed by atoms with Crippen molar-refractivity contribution < 1.29 is 14.6 Å². The highest BCUT2D eigenvalue weighted by atomic mass is 16.5. The second-order valence-corrected chi connectivity index (χ2v) is 8.02. The highest BCUT2D eigenvalue weighted by molar-refractivity contribution is 5.95. The third-order valence-electron chi connectivity index (χ3n) is 5.79. The van der Waals surface area contributed by atoms with Crippen LogP contribution in [0.25, 0.3) is 5.69 Å². The Balaban J connectivity index is 1.51. The van der Waals surface area contributed by atoms with Gasteiger partial charge in [-0.2, -0.15) is 0 Å². The maximum atomic E-state index is 12.1. The van der Waals surface area contributed by atoms with Crippen molar-refractivity contribution >= 4 is 17.3 Å². The van der Waals surface area contributed by atoms with Crippen LogP contribution in [-0.2, 0) is 6.54 Å². The summed E-state index contributed by atoms with van der Waals surface area (Å²) < 4.78 is 8.26. The zero-order valence-corrected chi connectivity index (χ0v) is 18.1. The maximum Gasteiger partial charge on any atom is 0.337 e. The number of rotatable bonds is 8. The lowest BCUT2D eigenvalue weighted by molar-refractivity contribution is 0.0696. The molecular formula is C27H25N3O3. The zero-order valence-electron chi connectivity index (χ0n) is 18.1. The molecule has 1 aliphatic rings. The summed E-state index contributed by atoms with van der Waals surface area (Å²) in [6, 6.07) is 25.2. The maximum absolute atomic E-state index is 12.1. The summed E-state index contributed by atoms with van der Waals surface area (Å²) in [5.41, 5.74) is 3.76. The van der Waals surface area contributed by atoms with Crippen molar-refractivity contribution in [2.75, 3.05) is 23.3 Å². The molecule has 1 fully saturated rings. The lowest BCUT2D eigenvalue weighted by Gasteiger charge is -2.35. The van der Waals surface area contributed by atoms with Gasteiger partial charge in [-0.15, -0.1) is 0 Å². The second kappa shape index (κ2) is 9.12. The van der Waals surface area contributed by atoms with Gasteiger partial charge in [-0.05, 0) is 60.5 Å². The topological polar surface area (TPSA) is 66.7 Å². The van der Waals surface area contributed by atoms with Crippen molar-refractivity contribution in [2.45, 2.75) is 13.0 Å². The van der Waals surface area contributed by atoms with Crippen LogP contribution in [0.4, 0.5) is 11.4 Å². The standard InChI is InChI=1S/C27H25N3O3/c31-27(32)23-12-13-24(29-16-7-17-29)26(25(23)30-14-4-5-15-30)33-22-11-6-8-20(18-22)19-28-21-9-2-1-3-10-21/h1-6,8-15,18,28H,7,16-17,19H2,(H,31,32). The number of nitrogens with zero attached hydrogens (tertiary/aromatic N) is 2. The Kier molecular flexibility index (Phi) is 5.72. The van der Waals surface area contributed by atoms with E-state index in [0.717, 1.165) is 36.4 Å². The van der Waals surface area contributed by atoms with Gasteiger partial charge in [0.1, 0.15) is 11.4 Å². The molecule has 1 saturated heterocycles. The Labute approximate surface area is 192 Å². The molecule has 0 aliphatic carbocycles. The predicted molar refractivity (Wildman–Crippen MR) is 130 cm³/mol. The molecule has 2 N–H and O–H groups in total. The highest BCUT2D eigenvalue weighted by Crippen LogP contribution is 2.42. The summed E-state index contributed by atoms with van der Waals surface area (Å²) in [6.45, 7) is 2.50. The van der Waals surface area contributed by atoms with E-state index in [9.17, 15) is 9.90 Å². The fourth-order valence-corrected chi connectivity index (χ4v) is 3.98. The number of aromatic nitrogens is 1. The van der Waals surface area contributed by atoms with Crippen LogP contribution in [0.1, 0.15) is 22.3 Å². The van der Waals surface area contributed by atoms with Gasteiger partial charge in [-0.25, -0.2) is 4.79 Å². The Bertz CT molecular complexity index is 1250. The molecule has 33 heavy (non-hydrogen) atoms. The molecule has 166 valence electrons. The van der Waals surface area contributed by atoms with E-state index in [4.69, 9.17) is 4.74 Å². The van der Waals surface area contributed by atoms with Gasteiger partial charge < -0.3 is 24.6 Å².